The molecule has 0 heterocycles. The molecule has 2 aromatic rings. The number of nitrogens with one attached hydrogen (secondary N) is 1. The van der Waals surface area contributed by atoms with Gasteiger partial charge >= 0.3 is 6.36 Å². The van der Waals surface area contributed by atoms with Gasteiger partial charge < -0.3 is 20.5 Å². The molecule has 0 fully saturated rings. The summed E-state index contributed by atoms with van der Waals surface area (Å²) in [5, 5.41) is 2.82. The van der Waals surface area contributed by atoms with Gasteiger partial charge in [-0.05, 0) is 42.3 Å². The van der Waals surface area contributed by atoms with Crippen molar-refractivity contribution in [2.75, 3.05) is 11.9 Å². The minimum absolute atomic E-state index is 0.153. The first-order valence-corrected chi connectivity index (χ1v) is 7.94. The standard InChI is InChI=1S/C18H20F3N3O2/c1-2-25-12-14-6-4-3-5-13(14)11-23-17(22)24-15-7-9-16(10-8-15)26-18(19,20)21/h3-10H,2,11-12H2,1H3,(H3,22,23,24). The van der Waals surface area contributed by atoms with Gasteiger partial charge in [0.25, 0.3) is 0 Å². The number of nitrogens with zero attached hydrogens (tertiary/aromatic N) is 1. The predicted octanol–water partition coefficient (Wildman–Crippen LogP) is 4.05. The number of ether oxygens (including phenoxy) is 2. The number of aliphatic imine (C=N–C) groups is 1. The van der Waals surface area contributed by atoms with Crippen molar-refractivity contribution in [2.45, 2.75) is 26.4 Å². The number of anilines is 1. The third-order valence-electron chi connectivity index (χ3n) is 3.36. The molecule has 0 unspecified atom stereocenters. The average Bonchev–Trinajstić information content (AvgIpc) is 2.59. The second kappa shape index (κ2) is 9.10. The fourth-order valence-corrected chi connectivity index (χ4v) is 2.16. The van der Waals surface area contributed by atoms with Crippen molar-refractivity contribution in [2.24, 2.45) is 10.7 Å². The summed E-state index contributed by atoms with van der Waals surface area (Å²) in [6.07, 6.45) is -4.72. The van der Waals surface area contributed by atoms with E-state index < -0.39 is 6.36 Å². The summed E-state index contributed by atoms with van der Waals surface area (Å²) in [6, 6.07) is 13.0. The molecule has 0 saturated carbocycles. The first-order chi connectivity index (χ1) is 12.4. The van der Waals surface area contributed by atoms with Crippen LogP contribution in [-0.4, -0.2) is 18.9 Å². The maximum absolute atomic E-state index is 12.1. The highest BCUT2D eigenvalue weighted by Crippen LogP contribution is 2.23. The number of halogens is 3. The lowest BCUT2D eigenvalue weighted by atomic mass is 10.1. The minimum atomic E-state index is -4.72. The first kappa shape index (κ1) is 19.6. The van der Waals surface area contributed by atoms with E-state index in [0.29, 0.717) is 25.4 Å². The molecule has 0 aliphatic rings. The number of hydrogen-bond acceptors (Lipinski definition) is 3. The molecular weight excluding hydrogens is 347 g/mol. The Labute approximate surface area is 149 Å². The summed E-state index contributed by atoms with van der Waals surface area (Å²) in [5.74, 6) is -0.149. The first-order valence-electron chi connectivity index (χ1n) is 7.94. The summed E-state index contributed by atoms with van der Waals surface area (Å²) in [5.41, 5.74) is 8.36. The van der Waals surface area contributed by atoms with Crippen LogP contribution in [0.15, 0.2) is 53.5 Å². The van der Waals surface area contributed by atoms with Gasteiger partial charge in [-0.2, -0.15) is 0 Å². The zero-order valence-corrected chi connectivity index (χ0v) is 14.2. The smallest absolute Gasteiger partial charge is 0.406 e. The van der Waals surface area contributed by atoms with Crippen molar-refractivity contribution in [1.29, 1.82) is 0 Å². The van der Waals surface area contributed by atoms with Gasteiger partial charge in [0.2, 0.25) is 0 Å². The van der Waals surface area contributed by atoms with E-state index in [0.717, 1.165) is 11.1 Å². The molecule has 0 atom stereocenters. The Morgan fingerprint density at radius 2 is 1.73 bits per heavy atom. The molecule has 0 aromatic heterocycles. The van der Waals surface area contributed by atoms with Gasteiger partial charge in [-0.3, -0.25) is 0 Å². The molecule has 8 heteroatoms. The van der Waals surface area contributed by atoms with Crippen molar-refractivity contribution in [1.82, 2.24) is 0 Å². The van der Waals surface area contributed by atoms with Gasteiger partial charge in [0.05, 0.1) is 13.2 Å². The molecule has 0 aliphatic heterocycles. The van der Waals surface area contributed by atoms with Gasteiger partial charge in [-0.1, -0.05) is 24.3 Å². The van der Waals surface area contributed by atoms with Gasteiger partial charge in [0, 0.05) is 12.3 Å². The van der Waals surface area contributed by atoms with Crippen molar-refractivity contribution in [3.05, 3.63) is 59.7 Å². The van der Waals surface area contributed by atoms with E-state index in [1.54, 1.807) is 0 Å². The Morgan fingerprint density at radius 3 is 2.35 bits per heavy atom. The van der Waals surface area contributed by atoms with Crippen LogP contribution in [0.3, 0.4) is 0 Å². The molecule has 0 amide bonds. The Balaban J connectivity index is 1.96. The summed E-state index contributed by atoms with van der Waals surface area (Å²) in [7, 11) is 0. The van der Waals surface area contributed by atoms with Crippen molar-refractivity contribution >= 4 is 11.6 Å². The van der Waals surface area contributed by atoms with Gasteiger partial charge in [-0.15, -0.1) is 13.2 Å². The molecule has 0 saturated heterocycles. The normalized spacial score (nSPS) is 12.1. The highest BCUT2D eigenvalue weighted by molar-refractivity contribution is 5.92. The van der Waals surface area contributed by atoms with E-state index in [9.17, 15) is 13.2 Å². The average molecular weight is 367 g/mol. The maximum Gasteiger partial charge on any atom is 0.573 e. The maximum atomic E-state index is 12.1. The number of benzene rings is 2. The lowest BCUT2D eigenvalue weighted by Crippen LogP contribution is -2.22. The number of alkyl halides is 3. The second-order valence-electron chi connectivity index (χ2n) is 5.30. The summed E-state index contributed by atoms with van der Waals surface area (Å²) in [4.78, 5) is 4.26. The van der Waals surface area contributed by atoms with Crippen LogP contribution >= 0.6 is 0 Å². The zero-order chi connectivity index (χ0) is 19.0. The van der Waals surface area contributed by atoms with Crippen LogP contribution in [0, 0.1) is 0 Å². The largest absolute Gasteiger partial charge is 0.573 e. The van der Waals surface area contributed by atoms with Crippen LogP contribution in [0.2, 0.25) is 0 Å². The topological polar surface area (TPSA) is 68.9 Å². The predicted molar refractivity (Wildman–Crippen MR) is 93.8 cm³/mol. The third-order valence-corrected chi connectivity index (χ3v) is 3.36. The van der Waals surface area contributed by atoms with E-state index in [4.69, 9.17) is 10.5 Å². The van der Waals surface area contributed by atoms with Crippen LogP contribution in [-0.2, 0) is 17.9 Å². The van der Waals surface area contributed by atoms with Gasteiger partial charge in [-0.25, -0.2) is 4.99 Å². The van der Waals surface area contributed by atoms with Crippen LogP contribution in [0.1, 0.15) is 18.1 Å². The number of nitrogens with two attached hydrogens (primary N) is 1. The second-order valence-corrected chi connectivity index (χ2v) is 5.30. The summed E-state index contributed by atoms with van der Waals surface area (Å²) >= 11 is 0. The highest BCUT2D eigenvalue weighted by Gasteiger charge is 2.30. The molecule has 0 aliphatic carbocycles. The van der Waals surface area contributed by atoms with E-state index in [1.807, 2.05) is 31.2 Å². The van der Waals surface area contributed by atoms with Crippen LogP contribution in [0.4, 0.5) is 18.9 Å². The van der Waals surface area contributed by atoms with Crippen LogP contribution in [0.5, 0.6) is 5.75 Å². The summed E-state index contributed by atoms with van der Waals surface area (Å²) < 4.78 is 45.6. The van der Waals surface area contributed by atoms with E-state index in [2.05, 4.69) is 15.0 Å². The molecule has 5 nitrogen and oxygen atoms in total. The molecule has 0 spiro atoms. The molecule has 2 aromatic carbocycles. The minimum Gasteiger partial charge on any atom is -0.406 e. The van der Waals surface area contributed by atoms with E-state index in [1.165, 1.54) is 24.3 Å². The zero-order valence-electron chi connectivity index (χ0n) is 14.2. The Kier molecular flexibility index (Phi) is 6.85. The SMILES string of the molecule is CCOCc1ccccc1CN=C(N)Nc1ccc(OC(F)(F)F)cc1. The number of guanidine groups is 1. The molecule has 26 heavy (non-hydrogen) atoms. The van der Waals surface area contributed by atoms with Crippen molar-refractivity contribution in [3.63, 3.8) is 0 Å². The Hall–Kier alpha value is -2.74. The molecular formula is C18H20F3N3O2. The lowest BCUT2D eigenvalue weighted by molar-refractivity contribution is -0.274. The molecule has 2 rings (SSSR count). The fraction of sp³-hybridized carbons (Fsp3) is 0.278. The lowest BCUT2D eigenvalue weighted by Gasteiger charge is -2.11. The fourth-order valence-electron chi connectivity index (χ4n) is 2.16. The van der Waals surface area contributed by atoms with Crippen LogP contribution in [0.25, 0.3) is 0 Å². The van der Waals surface area contributed by atoms with Crippen molar-refractivity contribution in [3.8, 4) is 5.75 Å². The molecule has 3 N–H and O–H groups in total. The Morgan fingerprint density at radius 1 is 1.08 bits per heavy atom. The quantitative estimate of drug-likeness (QED) is 0.572. The summed E-state index contributed by atoms with van der Waals surface area (Å²) in [6.45, 7) is 3.40. The highest BCUT2D eigenvalue weighted by atomic mass is 19.4. The van der Waals surface area contributed by atoms with Gasteiger partial charge in [0.15, 0.2) is 5.96 Å². The van der Waals surface area contributed by atoms with Gasteiger partial charge in [0.1, 0.15) is 5.75 Å². The molecule has 0 radical (unpaired) electrons. The molecule has 0 bridgehead atoms. The van der Waals surface area contributed by atoms with Crippen LogP contribution < -0.4 is 15.8 Å². The van der Waals surface area contributed by atoms with Crippen molar-refractivity contribution < 1.29 is 22.6 Å². The third kappa shape index (κ3) is 6.64. The van der Waals surface area contributed by atoms with E-state index >= 15 is 0 Å². The Bertz CT molecular complexity index is 731. The molecule has 140 valence electrons. The number of rotatable bonds is 7. The van der Waals surface area contributed by atoms with E-state index in [-0.39, 0.29) is 11.7 Å². The number of hydrogen-bond donors (Lipinski definition) is 2. The monoisotopic (exact) mass is 367 g/mol.